The Morgan fingerprint density at radius 2 is 1.83 bits per heavy atom. The van der Waals surface area contributed by atoms with Crippen molar-refractivity contribution in [2.45, 2.75) is 0 Å². The molecule has 0 unspecified atom stereocenters. The van der Waals surface area contributed by atoms with Gasteiger partial charge in [-0.15, -0.1) is 0 Å². The van der Waals surface area contributed by atoms with E-state index in [4.69, 9.17) is 0 Å². The number of nitrogens with one attached hydrogen (secondary N) is 1. The Kier molecular flexibility index (Phi) is 4.64. The minimum absolute atomic E-state index is 0.204. The van der Waals surface area contributed by atoms with E-state index < -0.39 is 0 Å². The Bertz CT molecular complexity index is 730. The molecule has 124 valence electrons. The second kappa shape index (κ2) is 7.03. The molecule has 24 heavy (non-hydrogen) atoms. The molecule has 2 aromatic rings. The van der Waals surface area contributed by atoms with Crippen LogP contribution in [0, 0.1) is 5.82 Å². The molecule has 1 aromatic carbocycles. The van der Waals surface area contributed by atoms with Crippen LogP contribution in [0.1, 0.15) is 10.5 Å². The number of hydrogen-bond donors (Lipinski definition) is 1. The van der Waals surface area contributed by atoms with Gasteiger partial charge in [-0.05, 0) is 24.3 Å². The lowest BCUT2D eigenvalue weighted by Gasteiger charge is -2.32. The Morgan fingerprint density at radius 3 is 2.50 bits per heavy atom. The zero-order chi connectivity index (χ0) is 16.9. The second-order valence-electron chi connectivity index (χ2n) is 5.35. The highest BCUT2D eigenvalue weighted by molar-refractivity contribution is 5.93. The normalized spacial score (nSPS) is 14.4. The van der Waals surface area contributed by atoms with Crippen molar-refractivity contribution in [1.82, 2.24) is 19.8 Å². The maximum Gasteiger partial charge on any atom is 0.272 e. The lowest BCUT2D eigenvalue weighted by atomic mass is 10.2. The van der Waals surface area contributed by atoms with Gasteiger partial charge < -0.3 is 15.1 Å². The third kappa shape index (κ3) is 3.65. The molecule has 1 aliphatic rings. The standard InChI is InChI=1S/C16H16FN5O2/c17-12-1-3-13(4-2-12)20-15-9-14(18-10-19-15)16(24)22-7-5-21(11-23)6-8-22/h1-4,9-11H,5-8H2,(H,18,19,20). The van der Waals surface area contributed by atoms with Crippen LogP contribution in [-0.4, -0.2) is 58.3 Å². The third-order valence-electron chi connectivity index (χ3n) is 3.75. The molecule has 3 rings (SSSR count). The Hall–Kier alpha value is -3.03. The topological polar surface area (TPSA) is 78.4 Å². The van der Waals surface area contributed by atoms with E-state index in [1.165, 1.54) is 18.5 Å². The SMILES string of the molecule is O=CN1CCN(C(=O)c2cc(Nc3ccc(F)cc3)ncn2)CC1. The number of rotatable bonds is 4. The zero-order valence-electron chi connectivity index (χ0n) is 12.9. The largest absolute Gasteiger partial charge is 0.342 e. The molecule has 1 N–H and O–H groups in total. The van der Waals surface area contributed by atoms with Crippen LogP contribution in [0.5, 0.6) is 0 Å². The van der Waals surface area contributed by atoms with Crippen molar-refractivity contribution < 1.29 is 14.0 Å². The summed E-state index contributed by atoms with van der Waals surface area (Å²) in [5.74, 6) is -0.0786. The number of anilines is 2. The summed E-state index contributed by atoms with van der Waals surface area (Å²) in [7, 11) is 0. The van der Waals surface area contributed by atoms with Crippen LogP contribution in [0.2, 0.25) is 0 Å². The lowest BCUT2D eigenvalue weighted by Crippen LogP contribution is -2.48. The van der Waals surface area contributed by atoms with Gasteiger partial charge in [-0.3, -0.25) is 9.59 Å². The Labute approximate surface area is 138 Å². The monoisotopic (exact) mass is 329 g/mol. The minimum atomic E-state index is -0.325. The van der Waals surface area contributed by atoms with Crippen molar-refractivity contribution in [2.24, 2.45) is 0 Å². The van der Waals surface area contributed by atoms with Crippen LogP contribution in [0.15, 0.2) is 36.7 Å². The van der Waals surface area contributed by atoms with Gasteiger partial charge >= 0.3 is 0 Å². The van der Waals surface area contributed by atoms with Gasteiger partial charge in [0, 0.05) is 37.9 Å². The van der Waals surface area contributed by atoms with Gasteiger partial charge in [0.25, 0.3) is 5.91 Å². The van der Waals surface area contributed by atoms with E-state index in [0.717, 1.165) is 6.41 Å². The molecular weight excluding hydrogens is 313 g/mol. The van der Waals surface area contributed by atoms with Crippen molar-refractivity contribution in [3.05, 3.63) is 48.2 Å². The van der Waals surface area contributed by atoms with Gasteiger partial charge in [0.2, 0.25) is 6.41 Å². The molecule has 1 fully saturated rings. The van der Waals surface area contributed by atoms with E-state index in [2.05, 4.69) is 15.3 Å². The maximum absolute atomic E-state index is 12.9. The summed E-state index contributed by atoms with van der Waals surface area (Å²) < 4.78 is 12.9. The average Bonchev–Trinajstić information content (AvgIpc) is 2.63. The highest BCUT2D eigenvalue weighted by Gasteiger charge is 2.22. The Balaban J connectivity index is 1.69. The van der Waals surface area contributed by atoms with E-state index in [-0.39, 0.29) is 17.4 Å². The number of aromatic nitrogens is 2. The van der Waals surface area contributed by atoms with Crippen LogP contribution >= 0.6 is 0 Å². The third-order valence-corrected chi connectivity index (χ3v) is 3.75. The predicted molar refractivity (Wildman–Crippen MR) is 85.3 cm³/mol. The molecule has 2 amide bonds. The van der Waals surface area contributed by atoms with Crippen LogP contribution in [0.3, 0.4) is 0 Å². The molecule has 0 radical (unpaired) electrons. The van der Waals surface area contributed by atoms with Gasteiger partial charge in [-0.2, -0.15) is 0 Å². The molecule has 0 spiro atoms. The highest BCUT2D eigenvalue weighted by atomic mass is 19.1. The smallest absolute Gasteiger partial charge is 0.272 e. The first-order valence-corrected chi connectivity index (χ1v) is 7.49. The molecule has 1 aromatic heterocycles. The molecule has 0 aliphatic carbocycles. The number of benzene rings is 1. The fourth-order valence-electron chi connectivity index (χ4n) is 2.42. The molecule has 1 saturated heterocycles. The van der Waals surface area contributed by atoms with Crippen molar-refractivity contribution in [3.8, 4) is 0 Å². The number of carbonyl (C=O) groups is 2. The fraction of sp³-hybridized carbons (Fsp3) is 0.250. The summed E-state index contributed by atoms with van der Waals surface area (Å²) in [6.45, 7) is 1.98. The van der Waals surface area contributed by atoms with Crippen molar-refractivity contribution in [2.75, 3.05) is 31.5 Å². The van der Waals surface area contributed by atoms with Crippen molar-refractivity contribution >= 4 is 23.8 Å². The van der Waals surface area contributed by atoms with Crippen molar-refractivity contribution in [1.29, 1.82) is 0 Å². The van der Waals surface area contributed by atoms with Gasteiger partial charge in [-0.25, -0.2) is 14.4 Å². The number of piperazine rings is 1. The molecule has 0 saturated carbocycles. The van der Waals surface area contributed by atoms with Gasteiger partial charge in [0.15, 0.2) is 0 Å². The van der Waals surface area contributed by atoms with E-state index >= 15 is 0 Å². The average molecular weight is 329 g/mol. The summed E-state index contributed by atoms with van der Waals surface area (Å²) in [4.78, 5) is 34.6. The molecular formula is C16H16FN5O2. The summed E-state index contributed by atoms with van der Waals surface area (Å²) in [5.41, 5.74) is 0.933. The number of hydrogen-bond acceptors (Lipinski definition) is 5. The quantitative estimate of drug-likeness (QED) is 0.855. The number of nitrogens with zero attached hydrogens (tertiary/aromatic N) is 4. The second-order valence-corrected chi connectivity index (χ2v) is 5.35. The van der Waals surface area contributed by atoms with E-state index in [9.17, 15) is 14.0 Å². The van der Waals surface area contributed by atoms with E-state index in [0.29, 0.717) is 37.7 Å². The van der Waals surface area contributed by atoms with Crippen LogP contribution in [-0.2, 0) is 4.79 Å². The zero-order valence-corrected chi connectivity index (χ0v) is 12.9. The fourth-order valence-corrected chi connectivity index (χ4v) is 2.42. The highest BCUT2D eigenvalue weighted by Crippen LogP contribution is 2.16. The summed E-state index contributed by atoms with van der Waals surface area (Å²) in [5, 5.41) is 3.00. The summed E-state index contributed by atoms with van der Waals surface area (Å²) in [6, 6.07) is 7.39. The van der Waals surface area contributed by atoms with Gasteiger partial charge in [0.1, 0.15) is 23.7 Å². The molecule has 2 heterocycles. The van der Waals surface area contributed by atoms with E-state index in [1.807, 2.05) is 0 Å². The van der Waals surface area contributed by atoms with Crippen molar-refractivity contribution in [3.63, 3.8) is 0 Å². The predicted octanol–water partition coefficient (Wildman–Crippen LogP) is 1.27. The van der Waals surface area contributed by atoms with Crippen LogP contribution in [0.25, 0.3) is 0 Å². The van der Waals surface area contributed by atoms with Gasteiger partial charge in [0.05, 0.1) is 0 Å². The summed E-state index contributed by atoms with van der Waals surface area (Å²) in [6.07, 6.45) is 2.10. The van der Waals surface area contributed by atoms with Gasteiger partial charge in [-0.1, -0.05) is 0 Å². The number of carbonyl (C=O) groups excluding carboxylic acids is 2. The molecule has 0 bridgehead atoms. The minimum Gasteiger partial charge on any atom is -0.342 e. The van der Waals surface area contributed by atoms with E-state index in [1.54, 1.807) is 28.0 Å². The lowest BCUT2D eigenvalue weighted by molar-refractivity contribution is -0.119. The van der Waals surface area contributed by atoms with Crippen LogP contribution in [0.4, 0.5) is 15.9 Å². The molecule has 0 atom stereocenters. The number of amides is 2. The Morgan fingerprint density at radius 1 is 1.12 bits per heavy atom. The molecule has 8 heteroatoms. The summed E-state index contributed by atoms with van der Waals surface area (Å²) >= 11 is 0. The molecule has 7 nitrogen and oxygen atoms in total. The first kappa shape index (κ1) is 15.9. The first-order valence-electron chi connectivity index (χ1n) is 7.49. The molecule has 1 aliphatic heterocycles. The van der Waals surface area contributed by atoms with Crippen LogP contribution < -0.4 is 5.32 Å². The number of halogens is 1. The first-order chi connectivity index (χ1) is 11.7. The maximum atomic E-state index is 12.9.